The van der Waals surface area contributed by atoms with Crippen molar-refractivity contribution < 1.29 is 47.8 Å². The van der Waals surface area contributed by atoms with Crippen LogP contribution in [-0.4, -0.2) is 64.9 Å². The third-order valence-corrected chi connectivity index (χ3v) is 11.7. The number of unbranched alkanes of at least 4 members (excludes halogenated alkanes) is 23. The minimum absolute atomic E-state index is 0.139. The van der Waals surface area contributed by atoms with Crippen LogP contribution in [0.3, 0.4) is 0 Å². The average Bonchev–Trinajstić information content (AvgIpc) is 3.27. The van der Waals surface area contributed by atoms with Gasteiger partial charge in [0.25, 0.3) is 0 Å². The van der Waals surface area contributed by atoms with Crippen molar-refractivity contribution in [2.24, 2.45) is 0 Å². The lowest BCUT2D eigenvalue weighted by molar-refractivity contribution is -0.147. The highest BCUT2D eigenvalue weighted by Gasteiger charge is 2.28. The number of carboxylic acids is 1. The molecule has 0 aromatic rings. The van der Waals surface area contributed by atoms with E-state index in [9.17, 15) is 34.1 Å². The van der Waals surface area contributed by atoms with Crippen LogP contribution in [0.4, 0.5) is 0 Å². The molecular formula is C52H92NO10P. The first-order valence-electron chi connectivity index (χ1n) is 25.3. The molecule has 0 saturated heterocycles. The molecule has 1 amide bonds. The highest BCUT2D eigenvalue weighted by molar-refractivity contribution is 7.47. The van der Waals surface area contributed by atoms with Gasteiger partial charge in [-0.1, -0.05) is 184 Å². The number of esters is 1. The summed E-state index contributed by atoms with van der Waals surface area (Å²) in [5.74, 6) is -2.38. The Morgan fingerprint density at radius 2 is 0.859 bits per heavy atom. The number of aliphatic carboxylic acids is 1. The molecule has 3 unspecified atom stereocenters. The Morgan fingerprint density at radius 1 is 0.500 bits per heavy atom. The molecule has 0 bridgehead atoms. The normalized spacial score (nSPS) is 14.1. The smallest absolute Gasteiger partial charge is 0.472 e. The summed E-state index contributed by atoms with van der Waals surface area (Å²) in [6.07, 6.45) is 55.2. The van der Waals surface area contributed by atoms with Crippen LogP contribution in [0.25, 0.3) is 0 Å². The Hall–Kier alpha value is -2.82. The van der Waals surface area contributed by atoms with Crippen LogP contribution in [0, 0.1) is 0 Å². The van der Waals surface area contributed by atoms with Crippen LogP contribution in [0.2, 0.25) is 0 Å². The predicted octanol–water partition coefficient (Wildman–Crippen LogP) is 13.9. The first-order chi connectivity index (χ1) is 31.1. The highest BCUT2D eigenvalue weighted by Crippen LogP contribution is 2.43. The molecular weight excluding hydrogens is 830 g/mol. The number of phosphoric acid groups is 1. The van der Waals surface area contributed by atoms with Gasteiger partial charge >= 0.3 is 19.8 Å². The van der Waals surface area contributed by atoms with E-state index in [1.807, 2.05) is 0 Å². The van der Waals surface area contributed by atoms with Crippen molar-refractivity contribution in [2.45, 2.75) is 231 Å². The van der Waals surface area contributed by atoms with E-state index in [2.05, 4.69) is 79.9 Å². The molecule has 0 spiro atoms. The maximum absolute atomic E-state index is 12.4. The van der Waals surface area contributed by atoms with Gasteiger partial charge < -0.3 is 25.2 Å². The Balaban J connectivity index is 3.86. The summed E-state index contributed by atoms with van der Waals surface area (Å²) in [7, 11) is -4.77. The number of carbonyl (C=O) groups excluding carboxylic acids is 2. The molecule has 0 fully saturated rings. The number of rotatable bonds is 47. The minimum Gasteiger partial charge on any atom is -0.480 e. The zero-order valence-electron chi connectivity index (χ0n) is 40.3. The fourth-order valence-corrected chi connectivity index (χ4v) is 7.60. The van der Waals surface area contributed by atoms with E-state index in [-0.39, 0.29) is 12.8 Å². The highest BCUT2D eigenvalue weighted by atomic mass is 31.2. The number of hydrogen-bond acceptors (Lipinski definition) is 8. The molecule has 4 N–H and O–H groups in total. The maximum Gasteiger partial charge on any atom is 0.472 e. The standard InChI is InChI=1S/C52H92NO10P/c1-3-5-7-9-11-13-15-17-19-21-23-24-26-28-30-32-34-36-38-40-42-44-51(56)61-45-48(54)46-62-64(59,60)63-47-49(52(57)58)53-50(55)43-41-39-37-35-33-31-29-27-25-22-20-18-16-14-12-10-8-6-4-2/h11-14,17-20,23-24,48-49,54H,3-10,15-16,21-22,25-47H2,1-2H3,(H,53,55)(H,57,58)(H,59,60)/b13-11-,14-12-,19-17-,20-18-,24-23-. The average molecular weight is 922 g/mol. The van der Waals surface area contributed by atoms with E-state index in [1.54, 1.807) is 0 Å². The lowest BCUT2D eigenvalue weighted by Gasteiger charge is -2.18. The van der Waals surface area contributed by atoms with Crippen molar-refractivity contribution in [1.82, 2.24) is 5.32 Å². The first kappa shape index (κ1) is 61.2. The topological polar surface area (TPSA) is 169 Å². The molecule has 0 heterocycles. The summed E-state index contributed by atoms with van der Waals surface area (Å²) in [5, 5.41) is 21.9. The van der Waals surface area contributed by atoms with Crippen LogP contribution in [0.5, 0.6) is 0 Å². The molecule has 370 valence electrons. The molecule has 0 aliphatic heterocycles. The summed E-state index contributed by atoms with van der Waals surface area (Å²) < 4.78 is 26.9. The number of amides is 1. The number of phosphoric ester groups is 1. The Bertz CT molecular complexity index is 1310. The molecule has 0 aliphatic rings. The predicted molar refractivity (Wildman–Crippen MR) is 263 cm³/mol. The summed E-state index contributed by atoms with van der Waals surface area (Å²) >= 11 is 0. The lowest BCUT2D eigenvalue weighted by atomic mass is 10.1. The monoisotopic (exact) mass is 922 g/mol. The van der Waals surface area contributed by atoms with Gasteiger partial charge in [-0.2, -0.15) is 0 Å². The fraction of sp³-hybridized carbons (Fsp3) is 0.750. The lowest BCUT2D eigenvalue weighted by Crippen LogP contribution is -2.43. The van der Waals surface area contributed by atoms with Gasteiger partial charge in [0.15, 0.2) is 6.04 Å². The second kappa shape index (κ2) is 46.7. The second-order valence-corrected chi connectivity index (χ2v) is 18.5. The Morgan fingerprint density at radius 3 is 1.28 bits per heavy atom. The molecule has 3 atom stereocenters. The van der Waals surface area contributed by atoms with Gasteiger partial charge in [0.05, 0.1) is 13.2 Å². The van der Waals surface area contributed by atoms with E-state index >= 15 is 0 Å². The van der Waals surface area contributed by atoms with E-state index < -0.39 is 57.6 Å². The third kappa shape index (κ3) is 45.7. The van der Waals surface area contributed by atoms with Crippen molar-refractivity contribution in [3.05, 3.63) is 60.8 Å². The van der Waals surface area contributed by atoms with Crippen LogP contribution in [-0.2, 0) is 32.7 Å². The van der Waals surface area contributed by atoms with Gasteiger partial charge in [0.2, 0.25) is 5.91 Å². The number of aliphatic hydroxyl groups excluding tert-OH is 1. The summed E-state index contributed by atoms with van der Waals surface area (Å²) in [6.45, 7) is 2.55. The van der Waals surface area contributed by atoms with Crippen molar-refractivity contribution in [3.8, 4) is 0 Å². The van der Waals surface area contributed by atoms with Crippen LogP contribution < -0.4 is 5.32 Å². The van der Waals surface area contributed by atoms with Crippen LogP contribution >= 0.6 is 7.82 Å². The summed E-state index contributed by atoms with van der Waals surface area (Å²) in [6, 6.07) is -1.55. The molecule has 64 heavy (non-hydrogen) atoms. The number of carbonyl (C=O) groups is 3. The third-order valence-electron chi connectivity index (χ3n) is 10.8. The first-order valence-corrected chi connectivity index (χ1v) is 26.8. The largest absolute Gasteiger partial charge is 0.480 e. The molecule has 0 aromatic carbocycles. The molecule has 11 nitrogen and oxygen atoms in total. The fourth-order valence-electron chi connectivity index (χ4n) is 6.82. The number of carboxylic acid groups (broad SMARTS) is 1. The van der Waals surface area contributed by atoms with Crippen molar-refractivity contribution in [2.75, 3.05) is 19.8 Å². The van der Waals surface area contributed by atoms with Crippen molar-refractivity contribution >= 4 is 25.7 Å². The SMILES string of the molecule is CCCCC/C=C\C/C=C\C/C=C\CCCCCCCCCCC(=O)OCC(O)COP(=O)(O)OCC(NC(=O)CCCCCCCCCCC/C=C\C/C=C\CCCCC)C(=O)O. The van der Waals surface area contributed by atoms with E-state index in [4.69, 9.17) is 13.8 Å². The second-order valence-electron chi connectivity index (χ2n) is 17.0. The molecule has 0 rings (SSSR count). The number of nitrogens with one attached hydrogen (secondary N) is 1. The van der Waals surface area contributed by atoms with E-state index in [1.165, 1.54) is 103 Å². The van der Waals surface area contributed by atoms with Gasteiger partial charge in [0, 0.05) is 12.8 Å². The van der Waals surface area contributed by atoms with Gasteiger partial charge in [-0.05, 0) is 83.5 Å². The summed E-state index contributed by atoms with van der Waals surface area (Å²) in [5.41, 5.74) is 0. The summed E-state index contributed by atoms with van der Waals surface area (Å²) in [4.78, 5) is 46.1. The molecule has 0 aliphatic carbocycles. The quantitative estimate of drug-likeness (QED) is 0.0199. The zero-order valence-corrected chi connectivity index (χ0v) is 41.2. The maximum atomic E-state index is 12.4. The van der Waals surface area contributed by atoms with Gasteiger partial charge in [0.1, 0.15) is 12.7 Å². The van der Waals surface area contributed by atoms with Crippen LogP contribution in [0.1, 0.15) is 219 Å². The molecule has 0 saturated carbocycles. The number of aliphatic hydroxyl groups is 1. The Kier molecular flexibility index (Phi) is 44.6. The number of ether oxygens (including phenoxy) is 1. The molecule has 12 heteroatoms. The number of allylic oxidation sites excluding steroid dienone is 10. The van der Waals surface area contributed by atoms with Gasteiger partial charge in [-0.3, -0.25) is 18.6 Å². The minimum atomic E-state index is -4.77. The van der Waals surface area contributed by atoms with Crippen LogP contribution in [0.15, 0.2) is 60.8 Å². The van der Waals surface area contributed by atoms with Gasteiger partial charge in [-0.25, -0.2) is 9.36 Å². The van der Waals surface area contributed by atoms with Crippen molar-refractivity contribution in [3.63, 3.8) is 0 Å². The Labute approximate surface area is 389 Å². The van der Waals surface area contributed by atoms with Gasteiger partial charge in [-0.15, -0.1) is 0 Å². The zero-order chi connectivity index (χ0) is 47.0. The molecule has 0 radical (unpaired) electrons. The van der Waals surface area contributed by atoms with Crippen molar-refractivity contribution in [1.29, 1.82) is 0 Å². The van der Waals surface area contributed by atoms with E-state index in [0.717, 1.165) is 77.0 Å². The van der Waals surface area contributed by atoms with E-state index in [0.29, 0.717) is 12.8 Å². The molecule has 0 aromatic heterocycles. The number of hydrogen-bond donors (Lipinski definition) is 4.